The molecule has 2 rings (SSSR count). The van der Waals surface area contributed by atoms with Gasteiger partial charge in [0.25, 0.3) is 0 Å². The van der Waals surface area contributed by atoms with E-state index in [-0.39, 0.29) is 16.6 Å². The van der Waals surface area contributed by atoms with E-state index in [0.29, 0.717) is 5.69 Å². The first-order valence-electron chi connectivity index (χ1n) is 4.80. The molecule has 1 heterocycles. The summed E-state index contributed by atoms with van der Waals surface area (Å²) in [5.41, 5.74) is 5.68. The predicted octanol–water partition coefficient (Wildman–Crippen LogP) is 2.18. The molecule has 7 heteroatoms. The third-order valence-electron chi connectivity index (χ3n) is 1.94. The molecule has 1 aromatic carbocycles. The van der Waals surface area contributed by atoms with Crippen molar-refractivity contribution >= 4 is 17.2 Å². The van der Waals surface area contributed by atoms with E-state index < -0.39 is 11.6 Å². The maximum Gasteiger partial charge on any atom is 0.237 e. The second-order valence-electron chi connectivity index (χ2n) is 3.31. The Morgan fingerprint density at radius 3 is 2.28 bits per heavy atom. The topological polar surface area (TPSA) is 61.0 Å². The Hall–Kier alpha value is -2.15. The van der Waals surface area contributed by atoms with Crippen molar-refractivity contribution in [2.75, 3.05) is 0 Å². The van der Waals surface area contributed by atoms with E-state index in [2.05, 4.69) is 9.97 Å². The van der Waals surface area contributed by atoms with Gasteiger partial charge in [0.2, 0.25) is 5.88 Å². The first-order chi connectivity index (χ1) is 8.54. The van der Waals surface area contributed by atoms with Crippen molar-refractivity contribution in [3.8, 4) is 11.6 Å². The number of benzene rings is 1. The maximum absolute atomic E-state index is 12.9. The molecule has 0 atom stereocenters. The second-order valence-corrected chi connectivity index (χ2v) is 3.75. The smallest absolute Gasteiger partial charge is 0.237 e. The zero-order chi connectivity index (χ0) is 13.1. The lowest BCUT2D eigenvalue weighted by Gasteiger charge is -2.05. The first kappa shape index (κ1) is 12.3. The maximum atomic E-state index is 12.9. The fourth-order valence-electron chi connectivity index (χ4n) is 1.20. The lowest BCUT2D eigenvalue weighted by atomic mass is 10.3. The molecule has 0 saturated heterocycles. The van der Waals surface area contributed by atoms with Crippen molar-refractivity contribution in [1.82, 2.24) is 9.97 Å². The largest absolute Gasteiger partial charge is 0.437 e. The van der Waals surface area contributed by atoms with Gasteiger partial charge in [0, 0.05) is 18.2 Å². The van der Waals surface area contributed by atoms with Crippen molar-refractivity contribution in [3.63, 3.8) is 0 Å². The van der Waals surface area contributed by atoms with E-state index in [1.165, 1.54) is 12.4 Å². The van der Waals surface area contributed by atoms with Crippen LogP contribution in [-0.2, 0) is 0 Å². The van der Waals surface area contributed by atoms with Crippen LogP contribution in [0.2, 0.25) is 0 Å². The van der Waals surface area contributed by atoms with Gasteiger partial charge in [-0.1, -0.05) is 12.2 Å². The summed E-state index contributed by atoms with van der Waals surface area (Å²) in [6, 6.07) is 2.81. The molecule has 2 N–H and O–H groups in total. The van der Waals surface area contributed by atoms with Crippen LogP contribution in [0.25, 0.3) is 0 Å². The lowest BCUT2D eigenvalue weighted by Crippen LogP contribution is -2.11. The standard InChI is InChI=1S/C11H7F2N3OS/c12-6-1-7(13)3-8(2-6)17-10-5-15-9(4-16-10)11(14)18/h1-5H,(H2,14,18). The highest BCUT2D eigenvalue weighted by atomic mass is 32.1. The van der Waals surface area contributed by atoms with Gasteiger partial charge >= 0.3 is 0 Å². The Morgan fingerprint density at radius 1 is 1.11 bits per heavy atom. The Morgan fingerprint density at radius 2 is 1.78 bits per heavy atom. The van der Waals surface area contributed by atoms with Crippen LogP contribution in [0.3, 0.4) is 0 Å². The van der Waals surface area contributed by atoms with Gasteiger partial charge in [-0.3, -0.25) is 0 Å². The molecule has 0 radical (unpaired) electrons. The fraction of sp³-hybridized carbons (Fsp3) is 0. The first-order valence-corrected chi connectivity index (χ1v) is 5.21. The minimum atomic E-state index is -0.738. The van der Waals surface area contributed by atoms with Crippen molar-refractivity contribution in [1.29, 1.82) is 0 Å². The van der Waals surface area contributed by atoms with E-state index in [4.69, 9.17) is 22.7 Å². The Bertz CT molecular complexity index is 569. The summed E-state index contributed by atoms with van der Waals surface area (Å²) in [6.45, 7) is 0. The number of nitrogens with two attached hydrogens (primary N) is 1. The van der Waals surface area contributed by atoms with Gasteiger partial charge in [0.1, 0.15) is 28.1 Å². The summed E-state index contributed by atoms with van der Waals surface area (Å²) < 4.78 is 31.0. The van der Waals surface area contributed by atoms with Crippen LogP contribution in [-0.4, -0.2) is 15.0 Å². The summed E-state index contributed by atoms with van der Waals surface area (Å²) >= 11 is 4.70. The summed E-state index contributed by atoms with van der Waals surface area (Å²) in [6.07, 6.45) is 2.57. The summed E-state index contributed by atoms with van der Waals surface area (Å²) in [7, 11) is 0. The monoisotopic (exact) mass is 267 g/mol. The van der Waals surface area contributed by atoms with E-state index in [0.717, 1.165) is 18.2 Å². The lowest BCUT2D eigenvalue weighted by molar-refractivity contribution is 0.449. The van der Waals surface area contributed by atoms with E-state index >= 15 is 0 Å². The molecule has 0 unspecified atom stereocenters. The summed E-state index contributed by atoms with van der Waals surface area (Å²) in [5, 5.41) is 0. The molecule has 0 amide bonds. The molecular weight excluding hydrogens is 260 g/mol. The number of hydrogen-bond donors (Lipinski definition) is 1. The normalized spacial score (nSPS) is 10.1. The van der Waals surface area contributed by atoms with E-state index in [9.17, 15) is 8.78 Å². The molecule has 92 valence electrons. The van der Waals surface area contributed by atoms with Crippen LogP contribution in [0.5, 0.6) is 11.6 Å². The number of thiocarbonyl (C=S) groups is 1. The number of halogens is 2. The van der Waals surface area contributed by atoms with Gasteiger partial charge in [-0.15, -0.1) is 0 Å². The number of rotatable bonds is 3. The number of aromatic nitrogens is 2. The quantitative estimate of drug-likeness (QED) is 0.864. The van der Waals surface area contributed by atoms with Crippen LogP contribution in [0.15, 0.2) is 30.6 Å². The predicted molar refractivity (Wildman–Crippen MR) is 64.4 cm³/mol. The minimum absolute atomic E-state index is 0.00937. The summed E-state index contributed by atoms with van der Waals surface area (Å²) in [4.78, 5) is 7.84. The third-order valence-corrected chi connectivity index (χ3v) is 2.15. The van der Waals surface area contributed by atoms with Crippen molar-refractivity contribution in [2.24, 2.45) is 5.73 Å². The van der Waals surface area contributed by atoms with Gasteiger partial charge in [-0.05, 0) is 0 Å². The molecule has 4 nitrogen and oxygen atoms in total. The Labute approximate surface area is 106 Å². The Balaban J connectivity index is 2.20. The molecular formula is C11H7F2N3OS. The van der Waals surface area contributed by atoms with Crippen molar-refractivity contribution in [3.05, 3.63) is 47.9 Å². The number of ether oxygens (including phenoxy) is 1. The molecule has 1 aromatic heterocycles. The number of hydrogen-bond acceptors (Lipinski definition) is 4. The molecule has 0 aliphatic heterocycles. The Kier molecular flexibility index (Phi) is 3.42. The van der Waals surface area contributed by atoms with E-state index in [1.807, 2.05) is 0 Å². The van der Waals surface area contributed by atoms with Crippen LogP contribution in [0, 0.1) is 11.6 Å². The molecule has 0 aliphatic carbocycles. The average Bonchev–Trinajstić information content (AvgIpc) is 2.28. The minimum Gasteiger partial charge on any atom is -0.437 e. The molecule has 0 aliphatic rings. The zero-order valence-electron chi connectivity index (χ0n) is 8.93. The molecule has 2 aromatic rings. The number of nitrogens with zero attached hydrogens (tertiary/aromatic N) is 2. The van der Waals surface area contributed by atoms with Gasteiger partial charge in [-0.25, -0.2) is 18.7 Å². The second kappa shape index (κ2) is 5.01. The van der Waals surface area contributed by atoms with Gasteiger partial charge < -0.3 is 10.5 Å². The van der Waals surface area contributed by atoms with Crippen molar-refractivity contribution in [2.45, 2.75) is 0 Å². The molecule has 0 fully saturated rings. The van der Waals surface area contributed by atoms with Crippen LogP contribution >= 0.6 is 12.2 Å². The average molecular weight is 267 g/mol. The molecule has 0 spiro atoms. The van der Waals surface area contributed by atoms with Crippen LogP contribution in [0.1, 0.15) is 5.69 Å². The van der Waals surface area contributed by atoms with E-state index in [1.54, 1.807) is 0 Å². The van der Waals surface area contributed by atoms with Crippen LogP contribution in [0.4, 0.5) is 8.78 Å². The van der Waals surface area contributed by atoms with Gasteiger partial charge in [0.05, 0.1) is 12.4 Å². The SMILES string of the molecule is NC(=S)c1cnc(Oc2cc(F)cc(F)c2)cn1. The summed E-state index contributed by atoms with van der Waals surface area (Å²) in [5.74, 6) is -1.40. The van der Waals surface area contributed by atoms with Gasteiger partial charge in [-0.2, -0.15) is 0 Å². The fourth-order valence-corrected chi connectivity index (χ4v) is 1.31. The van der Waals surface area contributed by atoms with Crippen LogP contribution < -0.4 is 10.5 Å². The van der Waals surface area contributed by atoms with Gasteiger partial charge in [0.15, 0.2) is 0 Å². The van der Waals surface area contributed by atoms with Crippen molar-refractivity contribution < 1.29 is 13.5 Å². The third kappa shape index (κ3) is 2.95. The highest BCUT2D eigenvalue weighted by Crippen LogP contribution is 2.20. The molecule has 0 bridgehead atoms. The highest BCUT2D eigenvalue weighted by Gasteiger charge is 2.05. The molecule has 18 heavy (non-hydrogen) atoms. The molecule has 0 saturated carbocycles. The highest BCUT2D eigenvalue weighted by molar-refractivity contribution is 7.80. The zero-order valence-corrected chi connectivity index (χ0v) is 9.75.